The molecule has 0 bridgehead atoms. The molecule has 1 aromatic rings. The Labute approximate surface area is 88.5 Å². The number of hydrogen-bond donors (Lipinski definition) is 1. The summed E-state index contributed by atoms with van der Waals surface area (Å²) in [7, 11) is 0. The highest BCUT2D eigenvalue weighted by atomic mass is 32.2. The number of aromatic carboxylic acids is 1. The molecule has 0 saturated carbocycles. The number of carbonyl (C=O) groups is 1. The Morgan fingerprint density at radius 3 is 2.40 bits per heavy atom. The van der Waals surface area contributed by atoms with E-state index in [1.165, 1.54) is 18.4 Å². The van der Waals surface area contributed by atoms with E-state index in [1.807, 2.05) is 0 Å². The first-order chi connectivity index (χ1) is 6.86. The summed E-state index contributed by atoms with van der Waals surface area (Å²) >= 11 is 0.945. The van der Waals surface area contributed by atoms with Crippen molar-refractivity contribution < 1.29 is 22.8 Å². The lowest BCUT2D eigenvalue weighted by atomic mass is 9.79. The van der Waals surface area contributed by atoms with Crippen LogP contribution >= 0.6 is 11.8 Å². The lowest BCUT2D eigenvalue weighted by molar-refractivity contribution is 0.0697. The first kappa shape index (κ1) is 12.0. The lowest BCUT2D eigenvalue weighted by Gasteiger charge is -2.18. The second kappa shape index (κ2) is 4.18. The van der Waals surface area contributed by atoms with Crippen molar-refractivity contribution in [1.29, 1.82) is 0 Å². The van der Waals surface area contributed by atoms with Crippen LogP contribution in [-0.2, 0) is 0 Å². The van der Waals surface area contributed by atoms with Crippen LogP contribution in [0.1, 0.15) is 10.4 Å². The van der Waals surface area contributed by atoms with Crippen molar-refractivity contribution in [3.63, 3.8) is 0 Å². The average Bonchev–Trinajstić information content (AvgIpc) is 2.15. The molecule has 0 heterocycles. The van der Waals surface area contributed by atoms with E-state index in [0.29, 0.717) is 6.07 Å². The zero-order valence-electron chi connectivity index (χ0n) is 7.71. The molecule has 15 heavy (non-hydrogen) atoms. The first-order valence-corrected chi connectivity index (χ1v) is 5.20. The summed E-state index contributed by atoms with van der Waals surface area (Å²) in [5.41, 5.74) is -1.19. The molecule has 0 aliphatic heterocycles. The minimum absolute atomic E-state index is 0.0486. The van der Waals surface area contributed by atoms with E-state index in [2.05, 4.69) is 0 Å². The van der Waals surface area contributed by atoms with Crippen LogP contribution < -0.4 is 5.46 Å². The summed E-state index contributed by atoms with van der Waals surface area (Å²) in [6.45, 7) is -5.17. The smallest absolute Gasteiger partial charge is 0.478 e. The molecule has 0 radical (unpaired) electrons. The molecule has 0 spiro atoms. The van der Waals surface area contributed by atoms with Crippen LogP contribution in [0.15, 0.2) is 23.1 Å². The topological polar surface area (TPSA) is 37.3 Å². The van der Waals surface area contributed by atoms with Gasteiger partial charge in [-0.15, -0.1) is 11.8 Å². The summed E-state index contributed by atoms with van der Waals surface area (Å²) in [6.07, 6.45) is 1.51. The number of thioether (sulfide) groups is 1. The molecule has 7 heteroatoms. The van der Waals surface area contributed by atoms with Gasteiger partial charge in [-0.2, -0.15) is 0 Å². The Bertz CT molecular complexity index is 392. The van der Waals surface area contributed by atoms with Gasteiger partial charge in [-0.1, -0.05) is 17.6 Å². The molecular formula is C8H7BF3O2S-. The van der Waals surface area contributed by atoms with E-state index < -0.39 is 18.4 Å². The van der Waals surface area contributed by atoms with E-state index in [4.69, 9.17) is 5.11 Å². The molecule has 0 aliphatic rings. The standard InChI is InChI=1S/C8H7BF3O2S/c1-15-7-3-2-5(8(13)14)4-6(7)9(10,11)12/h2-4H,1H3,(H,13,14)/q-1. The Balaban J connectivity index is 3.32. The fourth-order valence-electron chi connectivity index (χ4n) is 1.12. The van der Waals surface area contributed by atoms with E-state index in [-0.39, 0.29) is 10.5 Å². The van der Waals surface area contributed by atoms with Crippen molar-refractivity contribution in [2.75, 3.05) is 6.26 Å². The molecule has 0 atom stereocenters. The quantitative estimate of drug-likeness (QED) is 0.644. The summed E-state index contributed by atoms with van der Waals surface area (Å²) in [6, 6.07) is 3.02. The molecule has 0 aromatic heterocycles. The van der Waals surface area contributed by atoms with Gasteiger partial charge in [0.15, 0.2) is 0 Å². The third-order valence-corrected chi connectivity index (χ3v) is 2.64. The predicted octanol–water partition coefficient (Wildman–Crippen LogP) is 2.16. The monoisotopic (exact) mass is 235 g/mol. The van der Waals surface area contributed by atoms with Gasteiger partial charge in [0.25, 0.3) is 0 Å². The maximum Gasteiger partial charge on any atom is 0.510 e. The Morgan fingerprint density at radius 2 is 2.00 bits per heavy atom. The van der Waals surface area contributed by atoms with Crippen molar-refractivity contribution in [2.24, 2.45) is 0 Å². The highest BCUT2D eigenvalue weighted by Gasteiger charge is 2.29. The average molecular weight is 235 g/mol. The van der Waals surface area contributed by atoms with Crippen molar-refractivity contribution in [2.45, 2.75) is 4.90 Å². The Hall–Kier alpha value is -1.11. The van der Waals surface area contributed by atoms with E-state index in [9.17, 15) is 17.7 Å². The summed E-state index contributed by atoms with van der Waals surface area (Å²) < 4.78 is 37.6. The minimum atomic E-state index is -5.17. The van der Waals surface area contributed by atoms with Crippen LogP contribution in [0.2, 0.25) is 0 Å². The molecule has 0 unspecified atom stereocenters. The largest absolute Gasteiger partial charge is 0.510 e. The van der Waals surface area contributed by atoms with Gasteiger partial charge in [0, 0.05) is 0 Å². The number of rotatable bonds is 3. The maximum atomic E-state index is 12.5. The molecule has 1 N–H and O–H groups in total. The molecule has 0 aliphatic carbocycles. The van der Waals surface area contributed by atoms with E-state index >= 15 is 0 Å². The van der Waals surface area contributed by atoms with Crippen LogP contribution in [0.3, 0.4) is 0 Å². The molecular weight excluding hydrogens is 228 g/mol. The Kier molecular flexibility index (Phi) is 3.33. The van der Waals surface area contributed by atoms with Gasteiger partial charge in [-0.05, 0) is 17.2 Å². The summed E-state index contributed by atoms with van der Waals surface area (Å²) in [5.74, 6) is -1.36. The van der Waals surface area contributed by atoms with Crippen LogP contribution in [0.25, 0.3) is 0 Å². The first-order valence-electron chi connectivity index (χ1n) is 3.97. The van der Waals surface area contributed by atoms with Gasteiger partial charge in [0.05, 0.1) is 5.56 Å². The van der Waals surface area contributed by atoms with Crippen molar-refractivity contribution in [3.8, 4) is 0 Å². The third kappa shape index (κ3) is 2.68. The highest BCUT2D eigenvalue weighted by Crippen LogP contribution is 2.20. The summed E-state index contributed by atoms with van der Waals surface area (Å²) in [5, 5.41) is 8.57. The van der Waals surface area contributed by atoms with Crippen molar-refractivity contribution in [3.05, 3.63) is 23.8 Å². The molecule has 2 nitrogen and oxygen atoms in total. The van der Waals surface area contributed by atoms with Crippen LogP contribution in [0.4, 0.5) is 12.9 Å². The second-order valence-electron chi connectivity index (χ2n) is 2.84. The van der Waals surface area contributed by atoms with Gasteiger partial charge in [0.2, 0.25) is 0 Å². The molecule has 82 valence electrons. The van der Waals surface area contributed by atoms with Crippen molar-refractivity contribution in [1.82, 2.24) is 0 Å². The fraction of sp³-hybridized carbons (Fsp3) is 0.125. The number of halogens is 3. The van der Waals surface area contributed by atoms with Crippen LogP contribution in [0, 0.1) is 0 Å². The predicted molar refractivity (Wildman–Crippen MR) is 53.9 cm³/mol. The summed E-state index contributed by atoms with van der Waals surface area (Å²) in [4.78, 5) is 10.6. The van der Waals surface area contributed by atoms with Gasteiger partial charge >= 0.3 is 12.9 Å². The van der Waals surface area contributed by atoms with Crippen LogP contribution in [-0.4, -0.2) is 24.3 Å². The van der Waals surface area contributed by atoms with Gasteiger partial charge in [-0.3, -0.25) is 0 Å². The SMILES string of the molecule is CSc1ccc(C(=O)O)cc1[B-](F)(F)F. The highest BCUT2D eigenvalue weighted by molar-refractivity contribution is 7.98. The number of carboxylic acids is 1. The van der Waals surface area contributed by atoms with E-state index in [1.54, 1.807) is 0 Å². The van der Waals surface area contributed by atoms with Gasteiger partial charge in [-0.25, -0.2) is 4.79 Å². The van der Waals surface area contributed by atoms with Gasteiger partial charge < -0.3 is 18.1 Å². The molecule has 1 aromatic carbocycles. The van der Waals surface area contributed by atoms with Crippen LogP contribution in [0.5, 0.6) is 0 Å². The van der Waals surface area contributed by atoms with E-state index in [0.717, 1.165) is 11.8 Å². The third-order valence-electron chi connectivity index (χ3n) is 1.83. The Morgan fingerprint density at radius 1 is 1.40 bits per heavy atom. The zero-order chi connectivity index (χ0) is 11.6. The molecule has 0 fully saturated rings. The zero-order valence-corrected chi connectivity index (χ0v) is 8.52. The minimum Gasteiger partial charge on any atom is -0.478 e. The molecule has 0 saturated heterocycles. The normalized spacial score (nSPS) is 11.5. The van der Waals surface area contributed by atoms with Gasteiger partial charge in [0.1, 0.15) is 0 Å². The molecule has 1 rings (SSSR count). The fourth-order valence-corrected chi connectivity index (χ4v) is 1.76. The second-order valence-corrected chi connectivity index (χ2v) is 3.68. The number of benzene rings is 1. The number of carboxylic acid groups (broad SMARTS) is 1. The van der Waals surface area contributed by atoms with Crippen molar-refractivity contribution >= 4 is 30.2 Å². The molecule has 0 amide bonds. The maximum absolute atomic E-state index is 12.5. The lowest BCUT2D eigenvalue weighted by Crippen LogP contribution is -2.36. The number of hydrogen-bond acceptors (Lipinski definition) is 2.